The summed E-state index contributed by atoms with van der Waals surface area (Å²) in [7, 11) is 0. The summed E-state index contributed by atoms with van der Waals surface area (Å²) in [5, 5.41) is 22.2. The zero-order chi connectivity index (χ0) is 31.5. The number of rotatable bonds is 14. The van der Waals surface area contributed by atoms with Crippen LogP contribution in [-0.4, -0.2) is 58.0 Å². The van der Waals surface area contributed by atoms with Gasteiger partial charge in [-0.05, 0) is 48.1 Å². The lowest BCUT2D eigenvalue weighted by molar-refractivity contribution is -0.149. The highest BCUT2D eigenvalue weighted by atomic mass is 79.9. The summed E-state index contributed by atoms with van der Waals surface area (Å²) >= 11 is 3.43. The molecule has 4 rings (SSSR count). The molecule has 1 saturated carbocycles. The van der Waals surface area contributed by atoms with E-state index >= 15 is 0 Å². The van der Waals surface area contributed by atoms with Gasteiger partial charge in [-0.3, -0.25) is 19.2 Å². The molecule has 0 saturated heterocycles. The highest BCUT2D eigenvalue weighted by Crippen LogP contribution is 2.31. The monoisotopic (exact) mass is 662 g/mol. The van der Waals surface area contributed by atoms with Crippen LogP contribution in [0.25, 0.3) is 0 Å². The Morgan fingerprint density at radius 3 is 1.91 bits per heavy atom. The highest BCUT2D eigenvalue weighted by molar-refractivity contribution is 9.10. The second-order valence-electron chi connectivity index (χ2n) is 11.4. The quantitative estimate of drug-likeness (QED) is 0.198. The molecule has 44 heavy (non-hydrogen) atoms. The first-order chi connectivity index (χ1) is 21.2. The predicted octanol–water partition coefficient (Wildman–Crippen LogP) is 5.89. The summed E-state index contributed by atoms with van der Waals surface area (Å²) in [5.41, 5.74) is 2.98. The average molecular weight is 664 g/mol. The number of carbonyl (C=O) groups excluding carboxylic acids is 2. The molecule has 0 unspecified atom stereocenters. The van der Waals surface area contributed by atoms with E-state index < -0.39 is 35.7 Å². The Bertz CT molecular complexity index is 1360. The maximum Gasteiger partial charge on any atom is 0.307 e. The molecule has 2 amide bonds. The molecule has 1 aliphatic rings. The number of carboxylic acid groups (broad SMARTS) is 2. The third kappa shape index (κ3) is 9.26. The first kappa shape index (κ1) is 32.9. The lowest BCUT2D eigenvalue weighted by Crippen LogP contribution is -2.53. The maximum absolute atomic E-state index is 14.2. The summed E-state index contributed by atoms with van der Waals surface area (Å²) in [4.78, 5) is 52.9. The second-order valence-corrected chi connectivity index (χ2v) is 12.3. The third-order valence-corrected chi connectivity index (χ3v) is 8.92. The van der Waals surface area contributed by atoms with Crippen LogP contribution in [0.2, 0.25) is 0 Å². The number of aliphatic carboxylic acids is 2. The Morgan fingerprint density at radius 1 is 0.795 bits per heavy atom. The van der Waals surface area contributed by atoms with Crippen LogP contribution in [0.3, 0.4) is 0 Å². The molecule has 1 aliphatic carbocycles. The second kappa shape index (κ2) is 16.2. The van der Waals surface area contributed by atoms with E-state index in [1.807, 2.05) is 84.9 Å². The van der Waals surface area contributed by atoms with Crippen molar-refractivity contribution in [2.24, 2.45) is 11.8 Å². The minimum Gasteiger partial charge on any atom is -0.481 e. The van der Waals surface area contributed by atoms with Gasteiger partial charge in [-0.2, -0.15) is 0 Å². The average Bonchev–Trinajstić information content (AvgIpc) is 3.03. The number of amides is 2. The van der Waals surface area contributed by atoms with Crippen molar-refractivity contribution in [1.29, 1.82) is 0 Å². The molecule has 1 fully saturated rings. The van der Waals surface area contributed by atoms with Crippen molar-refractivity contribution in [3.05, 3.63) is 106 Å². The molecule has 0 spiro atoms. The number of nitrogens with zero attached hydrogens (tertiary/aromatic N) is 1. The molecule has 0 heterocycles. The van der Waals surface area contributed by atoms with Gasteiger partial charge in [0.25, 0.3) is 0 Å². The van der Waals surface area contributed by atoms with Crippen LogP contribution in [0.5, 0.6) is 0 Å². The van der Waals surface area contributed by atoms with Gasteiger partial charge < -0.3 is 20.4 Å². The number of hydrogen-bond donors (Lipinski definition) is 3. The third-order valence-electron chi connectivity index (χ3n) is 8.39. The summed E-state index contributed by atoms with van der Waals surface area (Å²) < 4.78 is 0.871. The number of halogens is 1. The Labute approximate surface area is 266 Å². The minimum atomic E-state index is -1.02. The van der Waals surface area contributed by atoms with Gasteiger partial charge in [0.1, 0.15) is 6.04 Å². The molecule has 3 N–H and O–H groups in total. The number of benzene rings is 3. The van der Waals surface area contributed by atoms with Gasteiger partial charge in [-0.1, -0.05) is 102 Å². The van der Waals surface area contributed by atoms with E-state index in [-0.39, 0.29) is 37.8 Å². The molecule has 3 atom stereocenters. The van der Waals surface area contributed by atoms with Crippen LogP contribution < -0.4 is 5.32 Å². The van der Waals surface area contributed by atoms with Gasteiger partial charge in [0.15, 0.2) is 0 Å². The SMILES string of the molecule is O=C(O)CCN(CCC(c1ccccc1)c1ccccc1)C(=O)[C@H](Cc1ccc(Br)cc1)NC(=O)[C@@H]1CCCC[C@H]1C(=O)O. The first-order valence-corrected chi connectivity index (χ1v) is 15.9. The number of nitrogens with one attached hydrogen (secondary N) is 1. The fraction of sp³-hybridized carbons (Fsp3) is 0.371. The molecule has 9 heteroatoms. The predicted molar refractivity (Wildman–Crippen MR) is 171 cm³/mol. The molecular formula is C35H39BrN2O6. The van der Waals surface area contributed by atoms with Crippen molar-refractivity contribution in [1.82, 2.24) is 10.2 Å². The van der Waals surface area contributed by atoms with E-state index in [1.165, 1.54) is 4.90 Å². The molecular weight excluding hydrogens is 624 g/mol. The van der Waals surface area contributed by atoms with Gasteiger partial charge in [0.2, 0.25) is 11.8 Å². The number of carboxylic acids is 2. The van der Waals surface area contributed by atoms with Crippen molar-refractivity contribution < 1.29 is 29.4 Å². The largest absolute Gasteiger partial charge is 0.481 e. The normalized spacial score (nSPS) is 17.0. The highest BCUT2D eigenvalue weighted by Gasteiger charge is 2.38. The van der Waals surface area contributed by atoms with E-state index in [2.05, 4.69) is 21.2 Å². The molecule has 0 aliphatic heterocycles. The van der Waals surface area contributed by atoms with Crippen LogP contribution in [0.15, 0.2) is 89.4 Å². The van der Waals surface area contributed by atoms with Crippen molar-refractivity contribution in [2.75, 3.05) is 13.1 Å². The molecule has 0 radical (unpaired) electrons. The molecule has 3 aromatic rings. The van der Waals surface area contributed by atoms with Crippen LogP contribution in [-0.2, 0) is 25.6 Å². The summed E-state index contributed by atoms with van der Waals surface area (Å²) in [6.45, 7) is 0.257. The fourth-order valence-corrected chi connectivity index (χ4v) is 6.30. The zero-order valence-electron chi connectivity index (χ0n) is 24.6. The molecule has 0 bridgehead atoms. The van der Waals surface area contributed by atoms with E-state index in [0.717, 1.165) is 34.0 Å². The zero-order valence-corrected chi connectivity index (χ0v) is 26.2. The molecule has 3 aromatic carbocycles. The van der Waals surface area contributed by atoms with Crippen LogP contribution >= 0.6 is 15.9 Å². The molecule has 8 nitrogen and oxygen atoms in total. The van der Waals surface area contributed by atoms with E-state index in [0.29, 0.717) is 19.3 Å². The lowest BCUT2D eigenvalue weighted by Gasteiger charge is -2.32. The van der Waals surface area contributed by atoms with Crippen LogP contribution in [0.4, 0.5) is 0 Å². The van der Waals surface area contributed by atoms with Crippen molar-refractivity contribution in [2.45, 2.75) is 56.9 Å². The Hall–Kier alpha value is -3.98. The summed E-state index contributed by atoms with van der Waals surface area (Å²) in [6.07, 6.45) is 2.85. The van der Waals surface area contributed by atoms with Crippen molar-refractivity contribution in [3.63, 3.8) is 0 Å². The van der Waals surface area contributed by atoms with E-state index in [4.69, 9.17) is 0 Å². The first-order valence-electron chi connectivity index (χ1n) is 15.1. The smallest absolute Gasteiger partial charge is 0.307 e. The van der Waals surface area contributed by atoms with Gasteiger partial charge in [-0.25, -0.2) is 0 Å². The van der Waals surface area contributed by atoms with E-state index in [9.17, 15) is 29.4 Å². The standard InChI is InChI=1S/C35H39BrN2O6/c36-27-17-15-24(16-18-27)23-31(37-33(41)29-13-7-8-14-30(29)35(43)44)34(42)38(22-20-32(39)40)21-19-28(25-9-3-1-4-10-25)26-11-5-2-6-12-26/h1-6,9-12,15-18,28-31H,7-8,13-14,19-23H2,(H,37,41)(H,39,40)(H,43,44)/t29-,30-,31+/m1/s1. The molecule has 0 aromatic heterocycles. The fourth-order valence-electron chi connectivity index (χ4n) is 6.04. The summed E-state index contributed by atoms with van der Waals surface area (Å²) in [5.74, 6) is -4.41. The number of carbonyl (C=O) groups is 4. The van der Waals surface area contributed by atoms with Gasteiger partial charge >= 0.3 is 11.9 Å². The maximum atomic E-state index is 14.2. The number of hydrogen-bond acceptors (Lipinski definition) is 4. The van der Waals surface area contributed by atoms with Gasteiger partial charge in [0.05, 0.1) is 18.3 Å². The Kier molecular flexibility index (Phi) is 12.1. The lowest BCUT2D eigenvalue weighted by atomic mass is 9.78. The minimum absolute atomic E-state index is 0.0155. The van der Waals surface area contributed by atoms with Crippen molar-refractivity contribution in [3.8, 4) is 0 Å². The molecule has 232 valence electrons. The van der Waals surface area contributed by atoms with Gasteiger partial charge in [0, 0.05) is 29.9 Å². The Morgan fingerprint density at radius 2 is 1.36 bits per heavy atom. The van der Waals surface area contributed by atoms with E-state index in [1.54, 1.807) is 0 Å². The van der Waals surface area contributed by atoms with Crippen molar-refractivity contribution >= 4 is 39.7 Å². The van der Waals surface area contributed by atoms with Crippen LogP contribution in [0.1, 0.15) is 61.1 Å². The van der Waals surface area contributed by atoms with Gasteiger partial charge in [-0.15, -0.1) is 0 Å². The van der Waals surface area contributed by atoms with Crippen LogP contribution in [0, 0.1) is 11.8 Å². The Balaban J connectivity index is 1.61. The topological polar surface area (TPSA) is 124 Å². The summed E-state index contributed by atoms with van der Waals surface area (Å²) in [6, 6.07) is 26.4.